The van der Waals surface area contributed by atoms with Gasteiger partial charge in [-0.05, 0) is 31.5 Å². The summed E-state index contributed by atoms with van der Waals surface area (Å²) in [6, 6.07) is 3.29. The first-order valence-electron chi connectivity index (χ1n) is 5.59. The molecule has 0 saturated carbocycles. The number of phenols is 1. The summed E-state index contributed by atoms with van der Waals surface area (Å²) in [7, 11) is 1.67. The molecule has 0 spiro atoms. The lowest BCUT2D eigenvalue weighted by atomic mass is 10.0. The summed E-state index contributed by atoms with van der Waals surface area (Å²) in [6.07, 6.45) is 0. The SMILES string of the molecule is Cc1cc(Br)c(-c2cc(C(=O)O)nn2C)c(C)c1O. The molecule has 0 amide bonds. The number of carboxylic acid groups (broad SMARTS) is 1. The van der Waals surface area contributed by atoms with Crippen molar-refractivity contribution in [2.45, 2.75) is 13.8 Å². The smallest absolute Gasteiger partial charge is 0.356 e. The molecular weight excluding hydrogens is 312 g/mol. The number of aromatic hydroxyl groups is 1. The van der Waals surface area contributed by atoms with Crippen molar-refractivity contribution < 1.29 is 15.0 Å². The van der Waals surface area contributed by atoms with Crippen molar-refractivity contribution in [3.05, 3.63) is 33.4 Å². The maximum atomic E-state index is 11.0. The van der Waals surface area contributed by atoms with E-state index in [-0.39, 0.29) is 11.4 Å². The Morgan fingerprint density at radius 3 is 2.53 bits per heavy atom. The Morgan fingerprint density at radius 1 is 1.37 bits per heavy atom. The maximum Gasteiger partial charge on any atom is 0.356 e. The first kappa shape index (κ1) is 13.6. The van der Waals surface area contributed by atoms with Gasteiger partial charge in [-0.3, -0.25) is 4.68 Å². The molecule has 1 aromatic heterocycles. The second kappa shape index (κ2) is 4.70. The Morgan fingerprint density at radius 2 is 2.00 bits per heavy atom. The van der Waals surface area contributed by atoms with Crippen LogP contribution >= 0.6 is 15.9 Å². The molecule has 0 fully saturated rings. The second-order valence-electron chi connectivity index (χ2n) is 4.37. The van der Waals surface area contributed by atoms with E-state index in [0.29, 0.717) is 11.3 Å². The fraction of sp³-hybridized carbons (Fsp3) is 0.231. The lowest BCUT2D eigenvalue weighted by Crippen LogP contribution is -2.00. The molecule has 6 heteroatoms. The highest BCUT2D eigenvalue weighted by molar-refractivity contribution is 9.10. The Kier molecular flexibility index (Phi) is 3.36. The van der Waals surface area contributed by atoms with E-state index in [1.165, 1.54) is 10.7 Å². The van der Waals surface area contributed by atoms with Crippen LogP contribution in [0.4, 0.5) is 0 Å². The van der Waals surface area contributed by atoms with Crippen LogP contribution in [0.1, 0.15) is 21.6 Å². The van der Waals surface area contributed by atoms with E-state index >= 15 is 0 Å². The van der Waals surface area contributed by atoms with Gasteiger partial charge in [0, 0.05) is 22.6 Å². The molecule has 0 unspecified atom stereocenters. The minimum Gasteiger partial charge on any atom is -0.507 e. The fourth-order valence-electron chi connectivity index (χ4n) is 2.04. The van der Waals surface area contributed by atoms with Gasteiger partial charge in [-0.15, -0.1) is 0 Å². The van der Waals surface area contributed by atoms with Crippen molar-refractivity contribution in [3.63, 3.8) is 0 Å². The van der Waals surface area contributed by atoms with Crippen LogP contribution < -0.4 is 0 Å². The van der Waals surface area contributed by atoms with Gasteiger partial charge in [-0.25, -0.2) is 4.79 Å². The van der Waals surface area contributed by atoms with E-state index in [9.17, 15) is 9.90 Å². The zero-order valence-corrected chi connectivity index (χ0v) is 12.3. The predicted molar refractivity (Wildman–Crippen MR) is 74.4 cm³/mol. The Hall–Kier alpha value is -1.82. The third-order valence-electron chi connectivity index (χ3n) is 3.04. The zero-order valence-electron chi connectivity index (χ0n) is 10.7. The van der Waals surface area contributed by atoms with Crippen LogP contribution in [0.25, 0.3) is 11.3 Å². The van der Waals surface area contributed by atoms with Crippen molar-refractivity contribution in [1.29, 1.82) is 0 Å². The Bertz CT molecular complexity index is 677. The van der Waals surface area contributed by atoms with Crippen LogP contribution in [0.2, 0.25) is 0 Å². The van der Waals surface area contributed by atoms with E-state index in [4.69, 9.17) is 5.11 Å². The normalized spacial score (nSPS) is 10.7. The molecule has 19 heavy (non-hydrogen) atoms. The number of aromatic carboxylic acids is 1. The van der Waals surface area contributed by atoms with Crippen LogP contribution in [0.15, 0.2) is 16.6 Å². The van der Waals surface area contributed by atoms with Gasteiger partial charge in [-0.1, -0.05) is 15.9 Å². The van der Waals surface area contributed by atoms with Crippen LogP contribution in [-0.4, -0.2) is 26.0 Å². The van der Waals surface area contributed by atoms with Crippen molar-refractivity contribution in [3.8, 4) is 17.0 Å². The highest BCUT2D eigenvalue weighted by Crippen LogP contribution is 2.38. The highest BCUT2D eigenvalue weighted by Gasteiger charge is 2.19. The van der Waals surface area contributed by atoms with Crippen molar-refractivity contribution in [1.82, 2.24) is 9.78 Å². The number of aryl methyl sites for hydroxylation is 2. The number of carboxylic acids is 1. The lowest BCUT2D eigenvalue weighted by molar-refractivity contribution is 0.0689. The fourth-order valence-corrected chi connectivity index (χ4v) is 2.89. The molecular formula is C13H13BrN2O3. The standard InChI is InChI=1S/C13H13BrN2O3/c1-6-4-8(14)11(7(2)12(6)17)10-5-9(13(18)19)15-16(10)3/h4-5,17H,1-3H3,(H,18,19). The number of phenolic OH excluding ortho intramolecular Hbond substituents is 1. The molecule has 2 rings (SSSR count). The van der Waals surface area contributed by atoms with Gasteiger partial charge in [-0.2, -0.15) is 5.10 Å². The molecule has 0 radical (unpaired) electrons. The number of hydrogen-bond acceptors (Lipinski definition) is 3. The second-order valence-corrected chi connectivity index (χ2v) is 5.22. The average molecular weight is 325 g/mol. The molecule has 2 N–H and O–H groups in total. The van der Waals surface area contributed by atoms with E-state index in [1.807, 2.05) is 6.92 Å². The molecule has 0 saturated heterocycles. The van der Waals surface area contributed by atoms with Gasteiger partial charge in [0.1, 0.15) is 5.75 Å². The van der Waals surface area contributed by atoms with Gasteiger partial charge >= 0.3 is 5.97 Å². The number of rotatable bonds is 2. The quantitative estimate of drug-likeness (QED) is 0.890. The molecule has 0 aliphatic rings. The van der Waals surface area contributed by atoms with Crippen molar-refractivity contribution >= 4 is 21.9 Å². The Labute approximate surface area is 118 Å². The number of nitrogens with zero attached hydrogens (tertiary/aromatic N) is 2. The van der Waals surface area contributed by atoms with E-state index in [0.717, 1.165) is 15.6 Å². The Balaban J connectivity index is 2.72. The molecule has 0 aliphatic heterocycles. The largest absolute Gasteiger partial charge is 0.507 e. The van der Waals surface area contributed by atoms with Gasteiger partial charge < -0.3 is 10.2 Å². The summed E-state index contributed by atoms with van der Waals surface area (Å²) >= 11 is 3.45. The minimum absolute atomic E-state index is 0.0242. The van der Waals surface area contributed by atoms with Gasteiger partial charge in [0.05, 0.1) is 5.69 Å². The summed E-state index contributed by atoms with van der Waals surface area (Å²) in [4.78, 5) is 11.0. The molecule has 1 aromatic carbocycles. The van der Waals surface area contributed by atoms with Gasteiger partial charge in [0.15, 0.2) is 5.69 Å². The summed E-state index contributed by atoms with van der Waals surface area (Å²) in [6.45, 7) is 3.60. The van der Waals surface area contributed by atoms with Gasteiger partial charge in [0.25, 0.3) is 0 Å². The van der Waals surface area contributed by atoms with Crippen LogP contribution in [0.3, 0.4) is 0 Å². The number of carbonyl (C=O) groups is 1. The predicted octanol–water partition coefficient (Wildman–Crippen LogP) is 2.87. The topological polar surface area (TPSA) is 75.3 Å². The van der Waals surface area contributed by atoms with Crippen molar-refractivity contribution in [2.24, 2.45) is 7.05 Å². The number of aromatic nitrogens is 2. The van der Waals surface area contributed by atoms with E-state index in [1.54, 1.807) is 20.0 Å². The average Bonchev–Trinajstić information content (AvgIpc) is 2.69. The lowest BCUT2D eigenvalue weighted by Gasteiger charge is -2.12. The van der Waals surface area contributed by atoms with Crippen LogP contribution in [0, 0.1) is 13.8 Å². The molecule has 1 heterocycles. The van der Waals surface area contributed by atoms with Gasteiger partial charge in [0.2, 0.25) is 0 Å². The van der Waals surface area contributed by atoms with E-state index < -0.39 is 5.97 Å². The van der Waals surface area contributed by atoms with Crippen molar-refractivity contribution in [2.75, 3.05) is 0 Å². The third kappa shape index (κ3) is 2.23. The molecule has 0 atom stereocenters. The maximum absolute atomic E-state index is 11.0. The first-order valence-corrected chi connectivity index (χ1v) is 6.38. The van der Waals surface area contributed by atoms with Crippen LogP contribution in [0.5, 0.6) is 5.75 Å². The summed E-state index contributed by atoms with van der Waals surface area (Å²) in [5.74, 6) is -0.872. The molecule has 0 bridgehead atoms. The highest BCUT2D eigenvalue weighted by atomic mass is 79.9. The molecule has 0 aliphatic carbocycles. The third-order valence-corrected chi connectivity index (χ3v) is 3.67. The molecule has 2 aromatic rings. The zero-order chi connectivity index (χ0) is 14.3. The number of hydrogen-bond donors (Lipinski definition) is 2. The van der Waals surface area contributed by atoms with Crippen LogP contribution in [-0.2, 0) is 7.05 Å². The van der Waals surface area contributed by atoms with E-state index in [2.05, 4.69) is 21.0 Å². The summed E-state index contributed by atoms with van der Waals surface area (Å²) in [5.41, 5.74) is 2.80. The first-order chi connectivity index (χ1) is 8.82. The summed E-state index contributed by atoms with van der Waals surface area (Å²) in [5, 5.41) is 22.9. The number of benzene rings is 1. The monoisotopic (exact) mass is 324 g/mol. The minimum atomic E-state index is -1.08. The molecule has 100 valence electrons. The number of halogens is 1. The molecule has 5 nitrogen and oxygen atoms in total. The summed E-state index contributed by atoms with van der Waals surface area (Å²) < 4.78 is 2.28.